The standard InChI is InChI=1S/C34H37N5O4/c40-31-27(18-22-10-3-1-4-11-22)37-33(42)30-16-9-17-39(30)34(43)29(19-23-12-5-2-6-13-23)38-32(41)28(36-31)20-24-21-35-26-15-8-7-14-25(24)26/h1-8,10-15,21,27-30,32,35,38,41H,9,16-20H2,(H,36,40)(H,37,42)/t27-,28-,29+,30+,32?/m0/s1. The summed E-state index contributed by atoms with van der Waals surface area (Å²) in [5, 5.41) is 21.8. The van der Waals surface area contributed by atoms with E-state index in [4.69, 9.17) is 0 Å². The lowest BCUT2D eigenvalue weighted by Gasteiger charge is -2.35. The Morgan fingerprint density at radius 1 is 0.744 bits per heavy atom. The molecule has 9 nitrogen and oxygen atoms in total. The van der Waals surface area contributed by atoms with Crippen molar-refractivity contribution in [2.75, 3.05) is 6.54 Å². The van der Waals surface area contributed by atoms with Crippen molar-refractivity contribution in [1.29, 1.82) is 0 Å². The predicted octanol–water partition coefficient (Wildman–Crippen LogP) is 2.45. The third-order valence-corrected chi connectivity index (χ3v) is 8.53. The van der Waals surface area contributed by atoms with Crippen molar-refractivity contribution in [2.45, 2.75) is 62.5 Å². The van der Waals surface area contributed by atoms with Gasteiger partial charge in [0.05, 0.1) is 12.1 Å². The second-order valence-corrected chi connectivity index (χ2v) is 11.5. The smallest absolute Gasteiger partial charge is 0.243 e. The molecule has 5 N–H and O–H groups in total. The van der Waals surface area contributed by atoms with Crippen LogP contribution in [0.2, 0.25) is 0 Å². The van der Waals surface area contributed by atoms with E-state index >= 15 is 0 Å². The van der Waals surface area contributed by atoms with Gasteiger partial charge in [-0.3, -0.25) is 19.7 Å². The fraction of sp³-hybridized carbons (Fsp3) is 0.324. The molecular weight excluding hydrogens is 542 g/mol. The number of nitrogens with zero attached hydrogens (tertiary/aromatic N) is 1. The summed E-state index contributed by atoms with van der Waals surface area (Å²) in [5.41, 5.74) is 3.69. The van der Waals surface area contributed by atoms with E-state index in [1.807, 2.05) is 91.1 Å². The second kappa shape index (κ2) is 12.8. The molecule has 0 bridgehead atoms. The average molecular weight is 580 g/mol. The predicted molar refractivity (Wildman–Crippen MR) is 164 cm³/mol. The number of carbonyl (C=O) groups excluding carboxylic acids is 3. The van der Waals surface area contributed by atoms with Gasteiger partial charge < -0.3 is 25.6 Å². The summed E-state index contributed by atoms with van der Waals surface area (Å²) in [4.78, 5) is 46.5. The number of nitrogens with one attached hydrogen (secondary N) is 4. The molecule has 3 aromatic carbocycles. The highest BCUT2D eigenvalue weighted by atomic mass is 16.3. The molecular formula is C34H37N5O4. The summed E-state index contributed by atoms with van der Waals surface area (Å²) in [5.74, 6) is -0.966. The van der Waals surface area contributed by atoms with Crippen molar-refractivity contribution >= 4 is 28.6 Å². The minimum atomic E-state index is -1.25. The molecule has 0 saturated carbocycles. The Balaban J connectivity index is 1.35. The maximum atomic E-state index is 14.1. The van der Waals surface area contributed by atoms with Gasteiger partial charge in [-0.1, -0.05) is 78.9 Å². The molecule has 2 saturated heterocycles. The number of fused-ring (bicyclic) bond motifs is 2. The van der Waals surface area contributed by atoms with Gasteiger partial charge >= 0.3 is 0 Å². The molecule has 2 aliphatic heterocycles. The van der Waals surface area contributed by atoms with Crippen LogP contribution >= 0.6 is 0 Å². The normalized spacial score (nSPS) is 25.0. The molecule has 3 heterocycles. The highest BCUT2D eigenvalue weighted by molar-refractivity contribution is 5.94. The van der Waals surface area contributed by atoms with E-state index in [1.165, 1.54) is 0 Å². The molecule has 1 unspecified atom stereocenters. The third kappa shape index (κ3) is 6.48. The molecule has 3 amide bonds. The van der Waals surface area contributed by atoms with Crippen LogP contribution in [0.4, 0.5) is 0 Å². The summed E-state index contributed by atoms with van der Waals surface area (Å²) in [6.07, 6.45) is 2.73. The summed E-state index contributed by atoms with van der Waals surface area (Å²) >= 11 is 0. The molecule has 9 heteroatoms. The Hall–Kier alpha value is -4.47. The lowest BCUT2D eigenvalue weighted by atomic mass is 9.99. The first-order valence-electron chi connectivity index (χ1n) is 14.9. The van der Waals surface area contributed by atoms with Gasteiger partial charge in [0.2, 0.25) is 17.7 Å². The largest absolute Gasteiger partial charge is 0.376 e. The van der Waals surface area contributed by atoms with Gasteiger partial charge in [-0.05, 0) is 48.4 Å². The van der Waals surface area contributed by atoms with Crippen molar-refractivity contribution in [3.63, 3.8) is 0 Å². The fourth-order valence-electron chi connectivity index (χ4n) is 6.28. The van der Waals surface area contributed by atoms with Crippen molar-refractivity contribution in [2.24, 2.45) is 0 Å². The fourth-order valence-corrected chi connectivity index (χ4v) is 6.28. The van der Waals surface area contributed by atoms with E-state index in [0.29, 0.717) is 32.2 Å². The highest BCUT2D eigenvalue weighted by Gasteiger charge is 2.40. The molecule has 0 radical (unpaired) electrons. The lowest BCUT2D eigenvalue weighted by Crippen LogP contribution is -2.63. The minimum Gasteiger partial charge on any atom is -0.376 e. The monoisotopic (exact) mass is 579 g/mol. The van der Waals surface area contributed by atoms with E-state index in [1.54, 1.807) is 4.90 Å². The summed E-state index contributed by atoms with van der Waals surface area (Å²) in [6.45, 7) is 0.439. The quantitative estimate of drug-likeness (QED) is 0.240. The number of aromatic nitrogens is 1. The number of aliphatic hydroxyl groups is 1. The van der Waals surface area contributed by atoms with Crippen molar-refractivity contribution in [1.82, 2.24) is 25.8 Å². The number of hydrogen-bond acceptors (Lipinski definition) is 5. The summed E-state index contributed by atoms with van der Waals surface area (Å²) in [7, 11) is 0. The van der Waals surface area contributed by atoms with Crippen LogP contribution in [0.1, 0.15) is 29.5 Å². The van der Waals surface area contributed by atoms with Crippen LogP contribution in [-0.4, -0.2) is 69.7 Å². The number of carbonyl (C=O) groups is 3. The van der Waals surface area contributed by atoms with Crippen molar-refractivity contribution in [3.05, 3.63) is 108 Å². The zero-order valence-corrected chi connectivity index (χ0v) is 23.9. The van der Waals surface area contributed by atoms with E-state index in [9.17, 15) is 19.5 Å². The van der Waals surface area contributed by atoms with E-state index < -0.39 is 30.4 Å². The van der Waals surface area contributed by atoms with Gasteiger partial charge in [-0.25, -0.2) is 0 Å². The molecule has 4 aromatic rings. The first-order chi connectivity index (χ1) is 21.0. The lowest BCUT2D eigenvalue weighted by molar-refractivity contribution is -0.142. The van der Waals surface area contributed by atoms with Crippen LogP contribution in [0.25, 0.3) is 10.9 Å². The second-order valence-electron chi connectivity index (χ2n) is 11.5. The third-order valence-electron chi connectivity index (χ3n) is 8.53. The number of para-hydroxylation sites is 1. The van der Waals surface area contributed by atoms with Gasteiger partial charge in [0.25, 0.3) is 0 Å². The van der Waals surface area contributed by atoms with Crippen molar-refractivity contribution < 1.29 is 19.5 Å². The number of H-pyrrole nitrogens is 1. The number of benzene rings is 3. The van der Waals surface area contributed by atoms with Crippen LogP contribution in [0.15, 0.2) is 91.1 Å². The van der Waals surface area contributed by atoms with E-state index in [-0.39, 0.29) is 24.1 Å². The van der Waals surface area contributed by atoms with E-state index in [2.05, 4.69) is 20.9 Å². The molecule has 1 aromatic heterocycles. The number of aromatic amines is 1. The Morgan fingerprint density at radius 3 is 2.12 bits per heavy atom. The van der Waals surface area contributed by atoms with Gasteiger partial charge in [-0.15, -0.1) is 0 Å². The molecule has 222 valence electrons. The van der Waals surface area contributed by atoms with E-state index in [0.717, 1.165) is 27.6 Å². The van der Waals surface area contributed by atoms with Crippen LogP contribution in [0, 0.1) is 0 Å². The molecule has 5 atom stereocenters. The SMILES string of the molecule is O=C1N[C@@H](Cc2c[nH]c3ccccc23)C(O)N[C@H](Cc2ccccc2)C(=O)N2CCC[C@@H]2C(=O)N[C@H]1Cc1ccccc1. The Labute approximate surface area is 250 Å². The van der Waals surface area contributed by atoms with Gasteiger partial charge in [0.15, 0.2) is 0 Å². The molecule has 0 aliphatic carbocycles. The number of amides is 3. The average Bonchev–Trinajstić information content (AvgIpc) is 3.68. The molecule has 6 rings (SSSR count). The first kappa shape index (κ1) is 28.6. The van der Waals surface area contributed by atoms with Crippen molar-refractivity contribution in [3.8, 4) is 0 Å². The molecule has 2 fully saturated rings. The Bertz CT molecular complexity index is 1570. The highest BCUT2D eigenvalue weighted by Crippen LogP contribution is 2.23. The summed E-state index contributed by atoms with van der Waals surface area (Å²) < 4.78 is 0. The van der Waals surface area contributed by atoms with Crippen LogP contribution in [0.3, 0.4) is 0 Å². The van der Waals surface area contributed by atoms with Gasteiger partial charge in [0.1, 0.15) is 18.3 Å². The molecule has 0 spiro atoms. The zero-order valence-electron chi connectivity index (χ0n) is 23.9. The molecule has 2 aliphatic rings. The van der Waals surface area contributed by atoms with Crippen LogP contribution in [-0.2, 0) is 33.6 Å². The summed E-state index contributed by atoms with van der Waals surface area (Å²) in [6, 6.07) is 23.8. The number of aliphatic hydroxyl groups excluding tert-OH is 1. The maximum absolute atomic E-state index is 14.1. The maximum Gasteiger partial charge on any atom is 0.243 e. The Kier molecular flexibility index (Phi) is 8.53. The van der Waals surface area contributed by atoms with Crippen LogP contribution in [0.5, 0.6) is 0 Å². The number of hydrogen-bond donors (Lipinski definition) is 5. The topological polar surface area (TPSA) is 127 Å². The minimum absolute atomic E-state index is 0.238. The van der Waals surface area contributed by atoms with Crippen LogP contribution < -0.4 is 16.0 Å². The zero-order chi connectivity index (χ0) is 29.8. The first-order valence-corrected chi connectivity index (χ1v) is 14.9. The van der Waals surface area contributed by atoms with Gasteiger partial charge in [-0.2, -0.15) is 0 Å². The molecule has 43 heavy (non-hydrogen) atoms. The Morgan fingerprint density at radius 2 is 1.40 bits per heavy atom. The number of rotatable bonds is 6. The van der Waals surface area contributed by atoms with Gasteiger partial charge in [0, 0.05) is 30.1 Å².